The molecule has 0 aromatic heterocycles. The van der Waals surface area contributed by atoms with Gasteiger partial charge in [-0.05, 0) is 0 Å². The van der Waals surface area contributed by atoms with Gasteiger partial charge in [-0.15, -0.1) is 0 Å². The average molecular weight is 298 g/mol. The van der Waals surface area contributed by atoms with Gasteiger partial charge in [-0.2, -0.15) is 0 Å². The molecular weight excluding hydrogens is 286 g/mol. The summed E-state index contributed by atoms with van der Waals surface area (Å²) in [6, 6.07) is 0. The van der Waals surface area contributed by atoms with Crippen LogP contribution < -0.4 is 59.1 Å². The van der Waals surface area contributed by atoms with Crippen LogP contribution >= 0.6 is 0 Å². The Hall–Kier alpha value is -0.160. The summed E-state index contributed by atoms with van der Waals surface area (Å²) in [6.07, 6.45) is -2.30. The van der Waals surface area contributed by atoms with Gasteiger partial charge in [0.15, 0.2) is 5.60 Å². The minimum Gasteiger partial charge on any atom is -1.00 e. The van der Waals surface area contributed by atoms with Crippen molar-refractivity contribution in [1.29, 1.82) is 0 Å². The number of hydrogen-bond donors (Lipinski definition) is 4. The Kier molecular flexibility index (Phi) is 13.3. The molecule has 0 aliphatic carbocycles. The summed E-state index contributed by atoms with van der Waals surface area (Å²) in [5.41, 5.74) is -2.59. The molecule has 0 rings (SSSR count). The molecule has 0 spiro atoms. The molecule has 0 aromatic rings. The second-order valence-electron chi connectivity index (χ2n) is 3.12. The summed E-state index contributed by atoms with van der Waals surface area (Å²) in [7, 11) is 0. The molecule has 9 nitrogen and oxygen atoms in total. The van der Waals surface area contributed by atoms with Crippen molar-refractivity contribution in [2.75, 3.05) is 6.61 Å². The molecule has 0 saturated carbocycles. The van der Waals surface area contributed by atoms with E-state index in [2.05, 4.69) is 4.74 Å². The van der Waals surface area contributed by atoms with E-state index in [0.29, 0.717) is 0 Å². The van der Waals surface area contributed by atoms with Gasteiger partial charge in [0.25, 0.3) is 0 Å². The first-order valence-electron chi connectivity index (χ1n) is 4.22. The zero-order valence-corrected chi connectivity index (χ0v) is 14.5. The monoisotopic (exact) mass is 298 g/mol. The van der Waals surface area contributed by atoms with Gasteiger partial charge in [0.2, 0.25) is 0 Å². The van der Waals surface area contributed by atoms with Crippen molar-refractivity contribution in [2.24, 2.45) is 0 Å². The van der Waals surface area contributed by atoms with E-state index in [1.165, 1.54) is 0 Å². The maximum atomic E-state index is 10.9. The summed E-state index contributed by atoms with van der Waals surface area (Å²) in [5, 5.41) is 34.1. The summed E-state index contributed by atoms with van der Waals surface area (Å²) < 4.78 is 4.41. The first-order valence-corrected chi connectivity index (χ1v) is 4.22. The van der Waals surface area contributed by atoms with E-state index < -0.39 is 48.9 Å². The quantitative estimate of drug-likeness (QED) is 0.319. The zero-order valence-electron chi connectivity index (χ0n) is 12.5. The molecule has 11 heteroatoms. The molecule has 0 atom stereocenters. The predicted octanol–water partition coefficient (Wildman–Crippen LogP) is -6.91. The first kappa shape index (κ1) is 23.9. The molecule has 0 aromatic carbocycles. The summed E-state index contributed by atoms with van der Waals surface area (Å²) in [5.74, 6) is -6.60. The SMILES string of the molecule is O=C(O)COC(CC(=O)O)(CC(=O)O)C(=O)O.[H-].[H-].[Na+].[Na+]. The van der Waals surface area contributed by atoms with E-state index in [1.54, 1.807) is 0 Å². The van der Waals surface area contributed by atoms with Gasteiger partial charge in [-0.25, -0.2) is 9.59 Å². The van der Waals surface area contributed by atoms with Gasteiger partial charge < -0.3 is 28.0 Å². The molecule has 0 aliphatic heterocycles. The number of hydrogen-bond acceptors (Lipinski definition) is 5. The molecular formula is C8H12Na2O9. The second kappa shape index (κ2) is 10.6. The van der Waals surface area contributed by atoms with Crippen LogP contribution in [0.25, 0.3) is 0 Å². The number of ether oxygens (including phenoxy) is 1. The number of carbonyl (C=O) groups is 4. The van der Waals surface area contributed by atoms with Gasteiger partial charge >= 0.3 is 83.0 Å². The minimum atomic E-state index is -2.59. The molecule has 0 aliphatic rings. The third kappa shape index (κ3) is 9.38. The van der Waals surface area contributed by atoms with Gasteiger partial charge in [0.1, 0.15) is 6.61 Å². The standard InChI is InChI=1S/C8H10O9.2Na.2H/c9-4(10)1-8(7(15)16,2-5(11)12)17-3-6(13)14;;;;/h1-3H2,(H,9,10)(H,11,12)(H,13,14)(H,15,16);;;;/q;2*+1;2*-1. The van der Waals surface area contributed by atoms with E-state index in [-0.39, 0.29) is 62.0 Å². The van der Waals surface area contributed by atoms with Gasteiger partial charge in [-0.1, -0.05) is 0 Å². The Bertz CT molecular complexity index is 348. The van der Waals surface area contributed by atoms with Gasteiger partial charge in [-0.3, -0.25) is 9.59 Å². The predicted molar refractivity (Wildman–Crippen MR) is 50.7 cm³/mol. The van der Waals surface area contributed by atoms with E-state index >= 15 is 0 Å². The largest absolute Gasteiger partial charge is 1.00 e. The van der Waals surface area contributed by atoms with Crippen LogP contribution in [0, 0.1) is 0 Å². The molecule has 4 N–H and O–H groups in total. The summed E-state index contributed by atoms with van der Waals surface area (Å²) in [4.78, 5) is 42.0. The molecule has 19 heavy (non-hydrogen) atoms. The van der Waals surface area contributed by atoms with Crippen molar-refractivity contribution in [3.8, 4) is 0 Å². The van der Waals surface area contributed by atoms with Crippen LogP contribution in [0.4, 0.5) is 0 Å². The van der Waals surface area contributed by atoms with Crippen molar-refractivity contribution < 1.29 is 106 Å². The van der Waals surface area contributed by atoms with E-state index in [1.807, 2.05) is 0 Å². The topological polar surface area (TPSA) is 158 Å². The van der Waals surface area contributed by atoms with Crippen molar-refractivity contribution in [2.45, 2.75) is 18.4 Å². The van der Waals surface area contributed by atoms with Crippen molar-refractivity contribution in [1.82, 2.24) is 0 Å². The van der Waals surface area contributed by atoms with Crippen molar-refractivity contribution in [3.05, 3.63) is 0 Å². The second-order valence-corrected chi connectivity index (χ2v) is 3.12. The Labute approximate surface area is 154 Å². The summed E-state index contributed by atoms with van der Waals surface area (Å²) >= 11 is 0. The van der Waals surface area contributed by atoms with Crippen molar-refractivity contribution >= 4 is 23.9 Å². The molecule has 0 bridgehead atoms. The smallest absolute Gasteiger partial charge is 1.00 e. The molecule has 100 valence electrons. The molecule has 0 heterocycles. The Balaban J connectivity index is -0.000000213. The maximum absolute atomic E-state index is 10.9. The van der Waals surface area contributed by atoms with Crippen LogP contribution in [-0.2, 0) is 23.9 Å². The van der Waals surface area contributed by atoms with E-state index in [0.717, 1.165) is 0 Å². The number of carboxylic acid groups (broad SMARTS) is 4. The van der Waals surface area contributed by atoms with Crippen LogP contribution in [0.3, 0.4) is 0 Å². The van der Waals surface area contributed by atoms with E-state index in [4.69, 9.17) is 20.4 Å². The fourth-order valence-electron chi connectivity index (χ4n) is 1.07. The Morgan fingerprint density at radius 2 is 1.21 bits per heavy atom. The number of carboxylic acids is 4. The van der Waals surface area contributed by atoms with E-state index in [9.17, 15) is 19.2 Å². The molecule has 0 fully saturated rings. The Morgan fingerprint density at radius 3 is 1.42 bits per heavy atom. The van der Waals surface area contributed by atoms with Crippen LogP contribution in [0.1, 0.15) is 15.7 Å². The van der Waals surface area contributed by atoms with Gasteiger partial charge in [0, 0.05) is 0 Å². The van der Waals surface area contributed by atoms with Crippen LogP contribution in [0.5, 0.6) is 0 Å². The normalized spacial score (nSPS) is 9.68. The molecule has 0 amide bonds. The molecule has 0 radical (unpaired) electrons. The summed E-state index contributed by atoms with van der Waals surface area (Å²) in [6.45, 7) is -1.10. The maximum Gasteiger partial charge on any atom is 1.00 e. The molecule has 0 saturated heterocycles. The minimum absolute atomic E-state index is 0. The third-order valence-corrected chi connectivity index (χ3v) is 1.74. The van der Waals surface area contributed by atoms with Crippen LogP contribution in [0.15, 0.2) is 0 Å². The fourth-order valence-corrected chi connectivity index (χ4v) is 1.07. The zero-order chi connectivity index (χ0) is 13.6. The number of rotatable bonds is 8. The van der Waals surface area contributed by atoms with Crippen LogP contribution in [0.2, 0.25) is 0 Å². The average Bonchev–Trinajstić information content (AvgIpc) is 2.11. The van der Waals surface area contributed by atoms with Crippen molar-refractivity contribution in [3.63, 3.8) is 0 Å². The fraction of sp³-hybridized carbons (Fsp3) is 0.500. The van der Waals surface area contributed by atoms with Gasteiger partial charge in [0.05, 0.1) is 12.8 Å². The number of aliphatic carboxylic acids is 4. The third-order valence-electron chi connectivity index (χ3n) is 1.74. The first-order chi connectivity index (χ1) is 7.69. The Morgan fingerprint density at radius 1 is 0.842 bits per heavy atom. The molecule has 0 unspecified atom stereocenters. The van der Waals surface area contributed by atoms with Crippen LogP contribution in [-0.4, -0.2) is 56.5 Å².